The molecule has 0 heterocycles. The second-order valence-electron chi connectivity index (χ2n) is 2.17. The maximum absolute atomic E-state index is 8.52. The quantitative estimate of drug-likeness (QED) is 0.544. The Hall–Kier alpha value is 0.750. The van der Waals surface area contributed by atoms with Crippen LogP contribution in [0.4, 0.5) is 0 Å². The molecule has 0 bridgehead atoms. The Balaban J connectivity index is 0. The van der Waals surface area contributed by atoms with E-state index in [-0.39, 0.29) is 23.7 Å². The SMILES string of the molecule is CC(C)(C)O.[TeH2]. The number of aliphatic hydroxyl groups is 1. The van der Waals surface area contributed by atoms with Gasteiger partial charge in [-0.3, -0.25) is 0 Å². The summed E-state index contributed by atoms with van der Waals surface area (Å²) in [6, 6.07) is 0. The number of hydrogen-bond donors (Lipinski definition) is 1. The first-order valence-corrected chi connectivity index (χ1v) is 1.72. The predicted molar refractivity (Wildman–Crippen MR) is 30.5 cm³/mol. The summed E-state index contributed by atoms with van der Waals surface area (Å²) < 4.78 is 0. The summed E-state index contributed by atoms with van der Waals surface area (Å²) in [6.45, 7) is 5.23. The van der Waals surface area contributed by atoms with Crippen LogP contribution in [0.2, 0.25) is 0 Å². The van der Waals surface area contributed by atoms with Crippen molar-refractivity contribution in [1.29, 1.82) is 0 Å². The van der Waals surface area contributed by atoms with E-state index in [1.165, 1.54) is 0 Å². The number of hydrogen-bond acceptors (Lipinski definition) is 1. The van der Waals surface area contributed by atoms with Crippen LogP contribution >= 0.6 is 0 Å². The summed E-state index contributed by atoms with van der Waals surface area (Å²) in [7, 11) is 0. The van der Waals surface area contributed by atoms with Gasteiger partial charge >= 0.3 is 23.7 Å². The van der Waals surface area contributed by atoms with E-state index in [0.29, 0.717) is 0 Å². The molecule has 0 unspecified atom stereocenters. The fraction of sp³-hybridized carbons (Fsp3) is 1.00. The standard InChI is InChI=1S/C4H10O.H2Te/c1-4(2,3)5;/h5H,1-3H3;1H2. The molecule has 0 fully saturated rings. The molecule has 1 nitrogen and oxygen atoms in total. The van der Waals surface area contributed by atoms with E-state index in [1.807, 2.05) is 0 Å². The Morgan fingerprint density at radius 2 is 1.17 bits per heavy atom. The van der Waals surface area contributed by atoms with E-state index in [9.17, 15) is 0 Å². The summed E-state index contributed by atoms with van der Waals surface area (Å²) in [5.74, 6) is 0. The Labute approximate surface area is 55.5 Å². The zero-order valence-electron chi connectivity index (χ0n) is 4.45. The third-order valence-corrected chi connectivity index (χ3v) is 0. The molecule has 6 heavy (non-hydrogen) atoms. The first-order chi connectivity index (χ1) is 2.00. The Kier molecular flexibility index (Phi) is 4.69. The molecule has 0 aromatic carbocycles. The van der Waals surface area contributed by atoms with E-state index in [4.69, 9.17) is 5.11 Å². The van der Waals surface area contributed by atoms with Crippen LogP contribution in [0.25, 0.3) is 0 Å². The van der Waals surface area contributed by atoms with Gasteiger partial charge in [-0.2, -0.15) is 0 Å². The molecule has 0 radical (unpaired) electrons. The van der Waals surface area contributed by atoms with Crippen molar-refractivity contribution in [1.82, 2.24) is 0 Å². The van der Waals surface area contributed by atoms with E-state index in [1.54, 1.807) is 20.8 Å². The molecule has 0 amide bonds. The molecule has 0 aliphatic rings. The predicted octanol–water partition coefficient (Wildman–Crippen LogP) is -0.139. The van der Waals surface area contributed by atoms with Crippen molar-refractivity contribution < 1.29 is 5.11 Å². The van der Waals surface area contributed by atoms with Gasteiger partial charge in [-0.25, -0.2) is 0 Å². The van der Waals surface area contributed by atoms with Gasteiger partial charge in [0.15, 0.2) is 0 Å². The van der Waals surface area contributed by atoms with Crippen molar-refractivity contribution in [2.75, 3.05) is 0 Å². The molecule has 0 rings (SSSR count). The molecule has 0 aromatic rings. The van der Waals surface area contributed by atoms with Gasteiger partial charge in [0.1, 0.15) is 0 Å². The molecular weight excluding hydrogens is 192 g/mol. The third kappa shape index (κ3) is 119. The summed E-state index contributed by atoms with van der Waals surface area (Å²) in [5, 5.41) is 8.52. The minimum absolute atomic E-state index is 0. The van der Waals surface area contributed by atoms with Crippen LogP contribution in [0.5, 0.6) is 0 Å². The van der Waals surface area contributed by atoms with Crippen LogP contribution in [0.15, 0.2) is 0 Å². The summed E-state index contributed by atoms with van der Waals surface area (Å²) >= 11 is 0. The van der Waals surface area contributed by atoms with Crippen molar-refractivity contribution in [2.45, 2.75) is 26.4 Å². The molecule has 0 atom stereocenters. The normalized spacial score (nSPS) is 10.0. The van der Waals surface area contributed by atoms with Crippen molar-refractivity contribution in [3.8, 4) is 0 Å². The average molecular weight is 204 g/mol. The minimum atomic E-state index is -0.500. The van der Waals surface area contributed by atoms with E-state index in [2.05, 4.69) is 0 Å². The molecule has 0 aliphatic heterocycles. The molecule has 2 heteroatoms. The van der Waals surface area contributed by atoms with Crippen molar-refractivity contribution in [3.05, 3.63) is 0 Å². The topological polar surface area (TPSA) is 20.2 Å². The van der Waals surface area contributed by atoms with Gasteiger partial charge < -0.3 is 5.11 Å². The van der Waals surface area contributed by atoms with Crippen LogP contribution in [0.3, 0.4) is 0 Å². The van der Waals surface area contributed by atoms with E-state index >= 15 is 0 Å². The van der Waals surface area contributed by atoms with Crippen molar-refractivity contribution >= 4 is 23.7 Å². The van der Waals surface area contributed by atoms with Gasteiger partial charge in [0.2, 0.25) is 0 Å². The Bertz CT molecular complexity index is 23.0. The van der Waals surface area contributed by atoms with Gasteiger partial charge in [-0.15, -0.1) is 0 Å². The van der Waals surface area contributed by atoms with Crippen molar-refractivity contribution in [3.63, 3.8) is 0 Å². The third-order valence-electron chi connectivity index (χ3n) is 0. The molecule has 0 aromatic heterocycles. The van der Waals surface area contributed by atoms with Crippen molar-refractivity contribution in [2.24, 2.45) is 0 Å². The first-order valence-electron chi connectivity index (χ1n) is 1.72. The van der Waals surface area contributed by atoms with Gasteiger partial charge in [-0.1, -0.05) is 0 Å². The molecule has 1 N–H and O–H groups in total. The second-order valence-corrected chi connectivity index (χ2v) is 2.17. The molecule has 0 saturated carbocycles. The average Bonchev–Trinajstić information content (AvgIpc) is 0.722. The van der Waals surface area contributed by atoms with Gasteiger partial charge in [0, 0.05) is 0 Å². The van der Waals surface area contributed by atoms with Crippen LogP contribution < -0.4 is 0 Å². The van der Waals surface area contributed by atoms with E-state index < -0.39 is 5.60 Å². The fourth-order valence-electron chi connectivity index (χ4n) is 0. The maximum atomic E-state index is 8.52. The molecule has 40 valence electrons. The molecular formula is C4H12OTe. The summed E-state index contributed by atoms with van der Waals surface area (Å²) in [6.07, 6.45) is 0. The van der Waals surface area contributed by atoms with E-state index in [0.717, 1.165) is 0 Å². The fourth-order valence-corrected chi connectivity index (χ4v) is 0. The van der Waals surface area contributed by atoms with Crippen LogP contribution in [-0.2, 0) is 0 Å². The second kappa shape index (κ2) is 2.85. The molecule has 0 spiro atoms. The Morgan fingerprint density at radius 3 is 1.17 bits per heavy atom. The number of rotatable bonds is 0. The zero-order valence-corrected chi connectivity index (χ0v) is 7.30. The van der Waals surface area contributed by atoms with Crippen LogP contribution in [0.1, 0.15) is 20.8 Å². The van der Waals surface area contributed by atoms with Gasteiger partial charge in [0.05, 0.1) is 5.60 Å². The summed E-state index contributed by atoms with van der Waals surface area (Å²) in [4.78, 5) is 0. The summed E-state index contributed by atoms with van der Waals surface area (Å²) in [5.41, 5.74) is -0.500. The first kappa shape index (κ1) is 9.89. The monoisotopic (exact) mass is 206 g/mol. The van der Waals surface area contributed by atoms with Crippen LogP contribution in [-0.4, -0.2) is 34.4 Å². The van der Waals surface area contributed by atoms with Gasteiger partial charge in [-0.05, 0) is 20.8 Å². The molecule has 0 aliphatic carbocycles. The molecule has 0 saturated heterocycles. The van der Waals surface area contributed by atoms with Gasteiger partial charge in [0.25, 0.3) is 0 Å². The van der Waals surface area contributed by atoms with Crippen LogP contribution in [0, 0.1) is 0 Å². The zero-order chi connectivity index (χ0) is 4.50. The Morgan fingerprint density at radius 1 is 1.17 bits per heavy atom.